The van der Waals surface area contributed by atoms with E-state index in [1.165, 1.54) is 98.2 Å². The number of hydrogen-bond donors (Lipinski definition) is 2. The van der Waals surface area contributed by atoms with Crippen molar-refractivity contribution in [2.75, 3.05) is 11.5 Å². The summed E-state index contributed by atoms with van der Waals surface area (Å²) in [5.41, 5.74) is 2.08. The molecule has 0 aliphatic carbocycles. The third-order valence-electron chi connectivity index (χ3n) is 8.84. The minimum Gasteiger partial charge on any atom is -0.477 e. The Bertz CT molecular complexity index is 1170. The summed E-state index contributed by atoms with van der Waals surface area (Å²) in [7, 11) is -1.69. The lowest BCUT2D eigenvalue weighted by atomic mass is 10.0. The van der Waals surface area contributed by atoms with Gasteiger partial charge in [0.1, 0.15) is 4.88 Å². The SMILES string of the molecule is CCCCCCCCCCC1=C(C(=O)O)S(CC)(CC)c2c1sc1c(CCCCCCCCCC)c(C(=O)O)sc21. The first-order valence-corrected chi connectivity index (χ1v) is 20.0. The van der Waals surface area contributed by atoms with Gasteiger partial charge in [0.15, 0.2) is 0 Å². The van der Waals surface area contributed by atoms with Crippen molar-refractivity contribution in [2.45, 2.75) is 148 Å². The van der Waals surface area contributed by atoms with E-state index in [4.69, 9.17) is 0 Å². The topological polar surface area (TPSA) is 74.6 Å². The molecule has 2 aromatic rings. The van der Waals surface area contributed by atoms with Crippen molar-refractivity contribution < 1.29 is 19.8 Å². The zero-order valence-corrected chi connectivity index (χ0v) is 28.5. The van der Waals surface area contributed by atoms with E-state index < -0.39 is 22.0 Å². The summed E-state index contributed by atoms with van der Waals surface area (Å²) in [6.07, 6.45) is 21.3. The monoisotopic (exact) mass is 622 g/mol. The summed E-state index contributed by atoms with van der Waals surface area (Å²) >= 11 is 3.14. The summed E-state index contributed by atoms with van der Waals surface area (Å²) in [6.45, 7) is 8.77. The Morgan fingerprint density at radius 2 is 1.10 bits per heavy atom. The number of rotatable bonds is 22. The fourth-order valence-electron chi connectivity index (χ4n) is 6.53. The molecule has 41 heavy (non-hydrogen) atoms. The number of allylic oxidation sites excluding steroid dienone is 1. The molecule has 0 unspecified atom stereocenters. The van der Waals surface area contributed by atoms with Crippen LogP contribution in [-0.2, 0) is 11.2 Å². The number of thiophene rings is 2. The van der Waals surface area contributed by atoms with Gasteiger partial charge in [-0.3, -0.25) is 0 Å². The number of unbranched alkanes of at least 4 members (excludes halogenated alkanes) is 14. The third-order valence-corrected chi connectivity index (χ3v) is 16.1. The molecule has 0 saturated carbocycles. The molecule has 0 aromatic carbocycles. The maximum Gasteiger partial charge on any atom is 0.346 e. The lowest BCUT2D eigenvalue weighted by Crippen LogP contribution is -2.13. The maximum absolute atomic E-state index is 12.8. The van der Waals surface area contributed by atoms with Crippen molar-refractivity contribution in [2.24, 2.45) is 0 Å². The Balaban J connectivity index is 1.85. The molecule has 2 aromatic heterocycles. The van der Waals surface area contributed by atoms with Crippen LogP contribution in [0.1, 0.15) is 157 Å². The number of fused-ring (bicyclic) bond motifs is 3. The van der Waals surface area contributed by atoms with Crippen LogP contribution in [0.15, 0.2) is 9.80 Å². The van der Waals surface area contributed by atoms with E-state index in [9.17, 15) is 19.8 Å². The molecule has 0 radical (unpaired) electrons. The molecule has 0 fully saturated rings. The Hall–Kier alpha value is -1.31. The van der Waals surface area contributed by atoms with Crippen molar-refractivity contribution in [3.63, 3.8) is 0 Å². The lowest BCUT2D eigenvalue weighted by molar-refractivity contribution is -0.131. The average molecular weight is 623 g/mol. The van der Waals surface area contributed by atoms with Gasteiger partial charge in [-0.1, -0.05) is 118 Å². The summed E-state index contributed by atoms with van der Waals surface area (Å²) < 4.78 is 2.22. The molecule has 232 valence electrons. The van der Waals surface area contributed by atoms with Gasteiger partial charge in [0.05, 0.1) is 14.3 Å². The van der Waals surface area contributed by atoms with E-state index in [-0.39, 0.29) is 0 Å². The standard InChI is InChI=1S/C34H54O4S3/c1-5-9-11-13-15-17-19-21-23-25-27-30(40-29(25)33(35)36)32-28(39-27)26(24-22-20-18-16-14-12-10-6-2)31(34(37)38)41(32,7-3)8-4/h5-24H2,1-4H3,(H,35,36)(H,37,38). The van der Waals surface area contributed by atoms with Crippen LogP contribution >= 0.6 is 32.7 Å². The predicted molar refractivity (Wildman–Crippen MR) is 182 cm³/mol. The van der Waals surface area contributed by atoms with E-state index in [1.54, 1.807) is 11.3 Å². The van der Waals surface area contributed by atoms with Gasteiger partial charge in [-0.2, -0.15) is 10.0 Å². The summed E-state index contributed by atoms with van der Waals surface area (Å²) in [5, 5.41) is 20.7. The number of aryl methyl sites for hydroxylation is 1. The molecule has 1 aliphatic heterocycles. The van der Waals surface area contributed by atoms with Crippen molar-refractivity contribution in [1.82, 2.24) is 0 Å². The minimum absolute atomic E-state index is 0.478. The first-order valence-electron chi connectivity index (χ1n) is 16.4. The highest BCUT2D eigenvalue weighted by atomic mass is 32.3. The normalized spacial score (nSPS) is 15.1. The van der Waals surface area contributed by atoms with Gasteiger partial charge in [-0.25, -0.2) is 9.59 Å². The highest BCUT2D eigenvalue weighted by Crippen LogP contribution is 2.74. The Kier molecular flexibility index (Phi) is 14.3. The Labute approximate surface area is 258 Å². The molecular weight excluding hydrogens is 569 g/mol. The second-order valence-electron chi connectivity index (χ2n) is 11.7. The highest BCUT2D eigenvalue weighted by Gasteiger charge is 2.45. The van der Waals surface area contributed by atoms with Gasteiger partial charge in [0.25, 0.3) is 0 Å². The van der Waals surface area contributed by atoms with Crippen molar-refractivity contribution in [1.29, 1.82) is 0 Å². The van der Waals surface area contributed by atoms with E-state index >= 15 is 0 Å². The number of aromatic carboxylic acids is 1. The molecule has 0 saturated heterocycles. The van der Waals surface area contributed by atoms with E-state index in [0.717, 1.165) is 70.6 Å². The highest BCUT2D eigenvalue weighted by molar-refractivity contribution is 8.38. The summed E-state index contributed by atoms with van der Waals surface area (Å²) in [4.78, 5) is 28.7. The van der Waals surface area contributed by atoms with Crippen LogP contribution in [0, 0.1) is 0 Å². The Morgan fingerprint density at radius 1 is 0.610 bits per heavy atom. The summed E-state index contributed by atoms with van der Waals surface area (Å²) in [5.74, 6) is 0.0137. The molecule has 0 spiro atoms. The van der Waals surface area contributed by atoms with E-state index in [1.807, 2.05) is 0 Å². The van der Waals surface area contributed by atoms with Crippen molar-refractivity contribution >= 4 is 59.6 Å². The van der Waals surface area contributed by atoms with Crippen molar-refractivity contribution in [3.8, 4) is 0 Å². The Morgan fingerprint density at radius 3 is 1.56 bits per heavy atom. The fourth-order valence-corrected chi connectivity index (χ4v) is 14.2. The summed E-state index contributed by atoms with van der Waals surface area (Å²) in [6, 6.07) is 0. The third kappa shape index (κ3) is 8.00. The van der Waals surface area contributed by atoms with Crippen LogP contribution in [0.3, 0.4) is 0 Å². The molecule has 4 nitrogen and oxygen atoms in total. The molecule has 0 amide bonds. The van der Waals surface area contributed by atoms with Crippen LogP contribution in [0.2, 0.25) is 0 Å². The van der Waals surface area contributed by atoms with Crippen LogP contribution in [0.4, 0.5) is 0 Å². The van der Waals surface area contributed by atoms with Crippen LogP contribution in [-0.4, -0.2) is 33.7 Å². The van der Waals surface area contributed by atoms with Gasteiger partial charge in [-0.15, -0.1) is 22.7 Å². The predicted octanol–water partition coefficient (Wildman–Crippen LogP) is 11.9. The number of hydrogen-bond acceptors (Lipinski definition) is 4. The number of carboxylic acid groups (broad SMARTS) is 2. The first-order chi connectivity index (χ1) is 19.9. The van der Waals surface area contributed by atoms with E-state index in [0.29, 0.717) is 9.78 Å². The number of aliphatic carboxylic acids is 1. The fraction of sp³-hybridized carbons (Fsp3) is 0.706. The minimum atomic E-state index is -1.69. The number of carbonyl (C=O) groups is 2. The molecule has 3 rings (SSSR count). The van der Waals surface area contributed by atoms with Gasteiger partial charge >= 0.3 is 11.9 Å². The van der Waals surface area contributed by atoms with Gasteiger partial charge < -0.3 is 10.2 Å². The smallest absolute Gasteiger partial charge is 0.346 e. The van der Waals surface area contributed by atoms with Gasteiger partial charge in [0, 0.05) is 9.77 Å². The molecule has 0 bridgehead atoms. The molecule has 7 heteroatoms. The second kappa shape index (κ2) is 17.1. The maximum atomic E-state index is 12.8. The van der Waals surface area contributed by atoms with Crippen LogP contribution in [0.5, 0.6) is 0 Å². The first kappa shape index (κ1) is 34.2. The molecule has 2 N–H and O–H groups in total. The zero-order chi connectivity index (χ0) is 29.8. The second-order valence-corrected chi connectivity index (χ2v) is 17.4. The van der Waals surface area contributed by atoms with Gasteiger partial charge in [0.2, 0.25) is 0 Å². The lowest BCUT2D eigenvalue weighted by Gasteiger charge is -2.35. The number of carboxylic acids is 2. The van der Waals surface area contributed by atoms with Crippen molar-refractivity contribution in [3.05, 3.63) is 20.2 Å². The van der Waals surface area contributed by atoms with Crippen LogP contribution in [0.25, 0.3) is 15.0 Å². The quantitative estimate of drug-likeness (QED) is 0.128. The van der Waals surface area contributed by atoms with Crippen LogP contribution < -0.4 is 0 Å². The molecule has 0 atom stereocenters. The largest absolute Gasteiger partial charge is 0.477 e. The zero-order valence-electron chi connectivity index (χ0n) is 26.1. The van der Waals surface area contributed by atoms with E-state index in [2.05, 4.69) is 27.7 Å². The molecular formula is C34H54O4S3. The molecule has 1 aliphatic rings. The van der Waals surface area contributed by atoms with Gasteiger partial charge in [-0.05, 0) is 48.3 Å². The molecule has 3 heterocycles. The average Bonchev–Trinajstić information content (AvgIpc) is 3.58.